The molecule has 0 aliphatic carbocycles. The first-order valence-electron chi connectivity index (χ1n) is 9.02. The van der Waals surface area contributed by atoms with Crippen LogP contribution in [-0.2, 0) is 9.59 Å². The minimum Gasteiger partial charge on any atom is -0.481 e. The third kappa shape index (κ3) is 7.79. The second kappa shape index (κ2) is 11.5. The summed E-state index contributed by atoms with van der Waals surface area (Å²) in [5, 5.41) is 25.9. The van der Waals surface area contributed by atoms with Gasteiger partial charge in [0.15, 0.2) is 0 Å². The predicted molar refractivity (Wildman–Crippen MR) is 119 cm³/mol. The summed E-state index contributed by atoms with van der Waals surface area (Å²) >= 11 is 11.9. The van der Waals surface area contributed by atoms with Gasteiger partial charge in [0.25, 0.3) is 5.91 Å². The molecule has 2 aromatic rings. The fourth-order valence-electron chi connectivity index (χ4n) is 2.68. The molecule has 32 heavy (non-hydrogen) atoms. The van der Waals surface area contributed by atoms with Crippen molar-refractivity contribution in [3.05, 3.63) is 63.6 Å². The molecule has 0 fully saturated rings. The molecule has 1 atom stereocenters. The number of nitriles is 1. The number of anilines is 1. The highest BCUT2D eigenvalue weighted by Crippen LogP contribution is 2.25. The molecule has 0 aliphatic rings. The lowest BCUT2D eigenvalue weighted by Gasteiger charge is -2.18. The molecule has 0 saturated carbocycles. The molecule has 2 aromatic carbocycles. The van der Waals surface area contributed by atoms with Crippen LogP contribution in [0.3, 0.4) is 0 Å². The molecule has 0 aliphatic heterocycles. The highest BCUT2D eigenvalue weighted by Gasteiger charge is 2.20. The van der Waals surface area contributed by atoms with E-state index in [9.17, 15) is 14.4 Å². The molecule has 0 spiro atoms. The van der Waals surface area contributed by atoms with Crippen molar-refractivity contribution >= 4 is 52.6 Å². The van der Waals surface area contributed by atoms with Gasteiger partial charge in [0, 0.05) is 21.3 Å². The van der Waals surface area contributed by atoms with E-state index in [1.807, 2.05) is 0 Å². The van der Waals surface area contributed by atoms with Crippen molar-refractivity contribution in [1.82, 2.24) is 10.6 Å². The number of nitrogens with zero attached hydrogens (tertiary/aromatic N) is 2. The minimum atomic E-state index is -1.14. The van der Waals surface area contributed by atoms with E-state index in [-0.39, 0.29) is 11.5 Å². The number of aliphatic carboxylic acids is 1. The highest BCUT2D eigenvalue weighted by atomic mass is 35.5. The van der Waals surface area contributed by atoms with Gasteiger partial charge in [-0.1, -0.05) is 29.3 Å². The Labute approximate surface area is 193 Å². The molecule has 0 radical (unpaired) electrons. The monoisotopic (exact) mass is 476 g/mol. The molecule has 12 heteroatoms. The molecule has 6 N–H and O–H groups in total. The third-order valence-corrected chi connectivity index (χ3v) is 4.41. The first-order chi connectivity index (χ1) is 15.2. The number of nitrogens with one attached hydrogen (secondary N) is 3. The lowest BCUT2D eigenvalue weighted by molar-refractivity contribution is -0.137. The summed E-state index contributed by atoms with van der Waals surface area (Å²) in [4.78, 5) is 39.2. The molecular formula is C20H18Cl2N6O4. The van der Waals surface area contributed by atoms with Crippen LogP contribution in [0.5, 0.6) is 0 Å². The molecule has 10 nitrogen and oxygen atoms in total. The molecule has 0 saturated heterocycles. The number of carboxylic acids is 1. The number of rotatable bonds is 8. The first kappa shape index (κ1) is 24.5. The number of amides is 2. The molecule has 2 rings (SSSR count). The summed E-state index contributed by atoms with van der Waals surface area (Å²) < 4.78 is 0. The van der Waals surface area contributed by atoms with Gasteiger partial charge in [-0.15, -0.1) is 4.99 Å². The summed E-state index contributed by atoms with van der Waals surface area (Å²) in [6.07, 6.45) is 1.12. The summed E-state index contributed by atoms with van der Waals surface area (Å²) in [5.41, 5.74) is 6.54. The molecule has 2 amide bonds. The Morgan fingerprint density at radius 2 is 1.84 bits per heavy atom. The van der Waals surface area contributed by atoms with Crippen LogP contribution in [-0.4, -0.2) is 35.4 Å². The maximum atomic E-state index is 12.4. The summed E-state index contributed by atoms with van der Waals surface area (Å²) in [5.74, 6) is -2.45. The van der Waals surface area contributed by atoms with Crippen LogP contribution in [0.4, 0.5) is 5.69 Å². The predicted octanol–water partition coefficient (Wildman–Crippen LogP) is 2.26. The Balaban J connectivity index is 2.02. The zero-order valence-corrected chi connectivity index (χ0v) is 17.9. The van der Waals surface area contributed by atoms with Gasteiger partial charge in [0.05, 0.1) is 19.0 Å². The minimum absolute atomic E-state index is 0.143. The number of halogens is 2. The fraction of sp³-hybridized carbons (Fsp3) is 0.150. The SMILES string of the molecule is N#C/N=C(/N)Nc1cccc(C(=O)NCC(=O)NC(CC(=O)O)c2cc(Cl)cc(Cl)c2)c1. The second-order valence-electron chi connectivity index (χ2n) is 6.41. The van der Waals surface area contributed by atoms with E-state index < -0.39 is 36.8 Å². The van der Waals surface area contributed by atoms with E-state index in [1.54, 1.807) is 12.1 Å². The molecular weight excluding hydrogens is 459 g/mol. The van der Waals surface area contributed by atoms with Crippen molar-refractivity contribution in [2.45, 2.75) is 12.5 Å². The zero-order valence-electron chi connectivity index (χ0n) is 16.4. The van der Waals surface area contributed by atoms with E-state index in [2.05, 4.69) is 20.9 Å². The largest absolute Gasteiger partial charge is 0.481 e. The van der Waals surface area contributed by atoms with Crippen LogP contribution in [0.15, 0.2) is 47.5 Å². The lowest BCUT2D eigenvalue weighted by Crippen LogP contribution is -2.39. The Hall–Kier alpha value is -3.81. The molecule has 0 aromatic heterocycles. The van der Waals surface area contributed by atoms with Crippen molar-refractivity contribution < 1.29 is 19.5 Å². The van der Waals surface area contributed by atoms with Crippen LogP contribution in [0.1, 0.15) is 28.4 Å². The molecule has 0 bridgehead atoms. The standard InChI is InChI=1S/C20H18Cl2N6O4/c21-13-4-12(5-14(22)7-13)16(8-18(30)31)28-17(29)9-25-19(32)11-2-1-3-15(6-11)27-20(24)26-10-23/h1-7,16H,8-9H2,(H,25,32)(H,28,29)(H,30,31)(H3,24,26,27). The van der Waals surface area contributed by atoms with E-state index >= 15 is 0 Å². The third-order valence-electron chi connectivity index (χ3n) is 3.98. The number of hydrogen-bond acceptors (Lipinski definition) is 5. The summed E-state index contributed by atoms with van der Waals surface area (Å²) in [6.45, 7) is -0.404. The van der Waals surface area contributed by atoms with Gasteiger partial charge in [-0.25, -0.2) is 0 Å². The van der Waals surface area contributed by atoms with Crippen LogP contribution in [0.25, 0.3) is 0 Å². The van der Waals surface area contributed by atoms with E-state index in [0.29, 0.717) is 21.3 Å². The number of hydrogen-bond donors (Lipinski definition) is 5. The van der Waals surface area contributed by atoms with Crippen LogP contribution in [0, 0.1) is 11.5 Å². The van der Waals surface area contributed by atoms with Gasteiger partial charge in [-0.3, -0.25) is 14.4 Å². The average Bonchev–Trinajstić information content (AvgIpc) is 2.71. The van der Waals surface area contributed by atoms with E-state index in [4.69, 9.17) is 39.3 Å². The Morgan fingerprint density at radius 3 is 2.47 bits per heavy atom. The quantitative estimate of drug-likeness (QED) is 0.221. The second-order valence-corrected chi connectivity index (χ2v) is 7.28. The number of aliphatic imine (C=N–C) groups is 1. The van der Waals surface area contributed by atoms with Crippen LogP contribution in [0.2, 0.25) is 10.0 Å². The van der Waals surface area contributed by atoms with Gasteiger partial charge in [-0.05, 0) is 42.0 Å². The fourth-order valence-corrected chi connectivity index (χ4v) is 3.22. The van der Waals surface area contributed by atoms with E-state index in [0.717, 1.165) is 0 Å². The Kier molecular flexibility index (Phi) is 8.83. The Morgan fingerprint density at radius 1 is 1.16 bits per heavy atom. The topological polar surface area (TPSA) is 170 Å². The zero-order chi connectivity index (χ0) is 23.7. The van der Waals surface area contributed by atoms with Gasteiger partial charge >= 0.3 is 5.97 Å². The number of benzene rings is 2. The van der Waals surface area contributed by atoms with Gasteiger partial charge < -0.3 is 26.8 Å². The lowest BCUT2D eigenvalue weighted by atomic mass is 10.0. The van der Waals surface area contributed by atoms with Crippen molar-refractivity contribution in [2.75, 3.05) is 11.9 Å². The number of guanidine groups is 1. The molecule has 0 heterocycles. The first-order valence-corrected chi connectivity index (χ1v) is 9.78. The number of carbonyl (C=O) groups is 3. The van der Waals surface area contributed by atoms with E-state index in [1.165, 1.54) is 36.5 Å². The molecule has 1 unspecified atom stereocenters. The maximum Gasteiger partial charge on any atom is 0.305 e. The maximum absolute atomic E-state index is 12.4. The number of carbonyl (C=O) groups excluding carboxylic acids is 2. The highest BCUT2D eigenvalue weighted by molar-refractivity contribution is 6.34. The van der Waals surface area contributed by atoms with Crippen molar-refractivity contribution in [2.24, 2.45) is 10.7 Å². The van der Waals surface area contributed by atoms with Crippen LogP contribution < -0.4 is 21.7 Å². The summed E-state index contributed by atoms with van der Waals surface area (Å²) in [7, 11) is 0. The average molecular weight is 477 g/mol. The Bertz CT molecular complexity index is 1080. The van der Waals surface area contributed by atoms with Crippen molar-refractivity contribution in [3.63, 3.8) is 0 Å². The smallest absolute Gasteiger partial charge is 0.305 e. The number of nitrogens with two attached hydrogens (primary N) is 1. The summed E-state index contributed by atoms with van der Waals surface area (Å²) in [6, 6.07) is 9.72. The van der Waals surface area contributed by atoms with Crippen molar-refractivity contribution in [3.8, 4) is 6.19 Å². The van der Waals surface area contributed by atoms with Gasteiger partial charge in [0.1, 0.15) is 0 Å². The number of carboxylic acid groups (broad SMARTS) is 1. The van der Waals surface area contributed by atoms with Crippen LogP contribution >= 0.6 is 23.2 Å². The van der Waals surface area contributed by atoms with Gasteiger partial charge in [-0.2, -0.15) is 5.26 Å². The van der Waals surface area contributed by atoms with Crippen molar-refractivity contribution in [1.29, 1.82) is 5.26 Å². The molecule has 166 valence electrons. The van der Waals surface area contributed by atoms with Gasteiger partial charge in [0.2, 0.25) is 18.1 Å². The normalized spacial score (nSPS) is 11.7.